The molecule has 9 heteroatoms. The van der Waals surface area contributed by atoms with Crippen molar-refractivity contribution in [1.29, 1.82) is 0 Å². The summed E-state index contributed by atoms with van der Waals surface area (Å²) < 4.78 is 0. The molecule has 1 amide bonds. The van der Waals surface area contributed by atoms with Gasteiger partial charge in [-0.15, -0.1) is 0 Å². The first-order chi connectivity index (χ1) is 16.2. The Morgan fingerprint density at radius 2 is 1.29 bits per heavy atom. The van der Waals surface area contributed by atoms with Crippen LogP contribution >= 0.6 is 0 Å². The molecule has 0 spiro atoms. The summed E-state index contributed by atoms with van der Waals surface area (Å²) in [6, 6.07) is 18.2. The Morgan fingerprint density at radius 3 is 1.71 bits per heavy atom. The number of nitrogens with one attached hydrogen (secondary N) is 1. The van der Waals surface area contributed by atoms with Crippen molar-refractivity contribution < 1.29 is 14.6 Å². The SMILES string of the molecule is CNC(=O)C(c1ccccc1)N(Cc1cccc([N+](=O)[O-])c1C)Cc1cccc([N+](=O)[O-])c1C. The molecule has 3 aromatic carbocycles. The van der Waals surface area contributed by atoms with Crippen molar-refractivity contribution in [2.45, 2.75) is 33.0 Å². The third-order valence-corrected chi connectivity index (χ3v) is 5.95. The van der Waals surface area contributed by atoms with Gasteiger partial charge >= 0.3 is 0 Å². The van der Waals surface area contributed by atoms with Crippen molar-refractivity contribution in [3.63, 3.8) is 0 Å². The molecule has 34 heavy (non-hydrogen) atoms. The highest BCUT2D eigenvalue weighted by Gasteiger charge is 2.29. The maximum absolute atomic E-state index is 13.1. The molecule has 0 aromatic heterocycles. The maximum atomic E-state index is 13.1. The van der Waals surface area contributed by atoms with Crippen LogP contribution in [-0.4, -0.2) is 27.7 Å². The summed E-state index contributed by atoms with van der Waals surface area (Å²) in [6.07, 6.45) is 0. The van der Waals surface area contributed by atoms with Crippen LogP contribution in [0.2, 0.25) is 0 Å². The third kappa shape index (κ3) is 5.26. The molecular weight excluding hydrogens is 436 g/mol. The molecule has 0 fully saturated rings. The zero-order valence-corrected chi connectivity index (χ0v) is 19.2. The van der Waals surface area contributed by atoms with Crippen molar-refractivity contribution >= 4 is 17.3 Å². The fraction of sp³-hybridized carbons (Fsp3) is 0.240. The zero-order valence-electron chi connectivity index (χ0n) is 19.2. The lowest BCUT2D eigenvalue weighted by Gasteiger charge is -2.32. The van der Waals surface area contributed by atoms with Gasteiger partial charge in [0.1, 0.15) is 6.04 Å². The fourth-order valence-electron chi connectivity index (χ4n) is 4.05. The number of rotatable bonds is 9. The van der Waals surface area contributed by atoms with Crippen molar-refractivity contribution in [1.82, 2.24) is 10.2 Å². The van der Waals surface area contributed by atoms with Crippen LogP contribution in [0.15, 0.2) is 66.7 Å². The van der Waals surface area contributed by atoms with Crippen LogP contribution in [0.25, 0.3) is 0 Å². The summed E-state index contributed by atoms with van der Waals surface area (Å²) in [5.41, 5.74) is 3.16. The number of nitro benzene ring substituents is 2. The topological polar surface area (TPSA) is 119 Å². The van der Waals surface area contributed by atoms with Gasteiger partial charge in [-0.2, -0.15) is 0 Å². The molecule has 176 valence electrons. The molecule has 0 radical (unpaired) electrons. The van der Waals surface area contributed by atoms with Crippen LogP contribution in [0.4, 0.5) is 11.4 Å². The largest absolute Gasteiger partial charge is 0.358 e. The maximum Gasteiger partial charge on any atom is 0.272 e. The van der Waals surface area contributed by atoms with E-state index in [4.69, 9.17) is 0 Å². The predicted octanol–water partition coefficient (Wildman–Crippen LogP) is 4.61. The van der Waals surface area contributed by atoms with Crippen molar-refractivity contribution in [3.05, 3.63) is 115 Å². The monoisotopic (exact) mass is 462 g/mol. The van der Waals surface area contributed by atoms with Crippen LogP contribution in [0, 0.1) is 34.1 Å². The summed E-state index contributed by atoms with van der Waals surface area (Å²) in [5, 5.41) is 25.6. The smallest absolute Gasteiger partial charge is 0.272 e. The first kappa shape index (κ1) is 24.5. The van der Waals surface area contributed by atoms with Gasteiger partial charge in [0.05, 0.1) is 9.85 Å². The first-order valence-corrected chi connectivity index (χ1v) is 10.7. The van der Waals surface area contributed by atoms with E-state index in [9.17, 15) is 25.0 Å². The van der Waals surface area contributed by atoms with E-state index in [1.165, 1.54) is 12.1 Å². The molecule has 3 rings (SSSR count). The molecule has 3 aromatic rings. The standard InChI is InChI=1S/C25H26N4O5/c1-17-20(11-7-13-22(17)28(31)32)15-27(16-21-12-8-14-23(18(21)2)29(33)34)24(25(30)26-3)19-9-5-4-6-10-19/h4-14,24H,15-16H2,1-3H3,(H,26,30). The predicted molar refractivity (Wildman–Crippen MR) is 128 cm³/mol. The highest BCUT2D eigenvalue weighted by molar-refractivity contribution is 5.83. The quantitative estimate of drug-likeness (QED) is 0.366. The molecule has 1 unspecified atom stereocenters. The number of benzene rings is 3. The lowest BCUT2D eigenvalue weighted by atomic mass is 9.99. The van der Waals surface area contributed by atoms with E-state index in [2.05, 4.69) is 5.32 Å². The van der Waals surface area contributed by atoms with Crippen molar-refractivity contribution in [3.8, 4) is 0 Å². The van der Waals surface area contributed by atoms with E-state index in [-0.39, 0.29) is 30.4 Å². The molecule has 0 bridgehead atoms. The first-order valence-electron chi connectivity index (χ1n) is 10.7. The van der Waals surface area contributed by atoms with Gasteiger partial charge in [-0.05, 0) is 30.5 Å². The molecule has 0 heterocycles. The minimum atomic E-state index is -0.719. The average molecular weight is 463 g/mol. The van der Waals surface area contributed by atoms with Gasteiger partial charge in [0.15, 0.2) is 0 Å². The minimum Gasteiger partial charge on any atom is -0.358 e. The van der Waals surface area contributed by atoms with E-state index >= 15 is 0 Å². The van der Waals surface area contributed by atoms with Crippen LogP contribution in [-0.2, 0) is 17.9 Å². The molecule has 1 atom stereocenters. The summed E-state index contributed by atoms with van der Waals surface area (Å²) in [7, 11) is 1.55. The Morgan fingerprint density at radius 1 is 0.824 bits per heavy atom. The number of hydrogen-bond acceptors (Lipinski definition) is 6. The number of hydrogen-bond donors (Lipinski definition) is 1. The normalized spacial score (nSPS) is 11.8. The van der Waals surface area contributed by atoms with Crippen molar-refractivity contribution in [2.24, 2.45) is 0 Å². The Balaban J connectivity index is 2.13. The minimum absolute atomic E-state index is 0.000170. The van der Waals surface area contributed by atoms with E-state index in [0.717, 1.165) is 5.56 Å². The summed E-state index contributed by atoms with van der Waals surface area (Å²) in [4.78, 5) is 37.0. The number of nitro groups is 2. The molecule has 0 aliphatic rings. The van der Waals surface area contributed by atoms with Gasteiger partial charge in [-0.1, -0.05) is 54.6 Å². The van der Waals surface area contributed by atoms with Crippen LogP contribution < -0.4 is 5.32 Å². The second kappa shape index (κ2) is 10.7. The van der Waals surface area contributed by atoms with Crippen molar-refractivity contribution in [2.75, 3.05) is 7.05 Å². The second-order valence-corrected chi connectivity index (χ2v) is 7.97. The van der Waals surface area contributed by atoms with E-state index in [1.54, 1.807) is 45.2 Å². The summed E-state index contributed by atoms with van der Waals surface area (Å²) in [5.74, 6) is -0.252. The Bertz CT molecular complexity index is 1150. The van der Waals surface area contributed by atoms with Gasteiger partial charge < -0.3 is 5.32 Å². The molecule has 0 saturated heterocycles. The van der Waals surface area contributed by atoms with Crippen LogP contribution in [0.1, 0.15) is 33.9 Å². The van der Waals surface area contributed by atoms with E-state index in [0.29, 0.717) is 22.3 Å². The number of likely N-dealkylation sites (N-methyl/N-ethyl adjacent to an activating group) is 1. The molecule has 0 aliphatic heterocycles. The van der Waals surface area contributed by atoms with Crippen LogP contribution in [0.3, 0.4) is 0 Å². The number of carbonyl (C=O) groups is 1. The third-order valence-electron chi connectivity index (χ3n) is 5.95. The Labute approximate surface area is 197 Å². The average Bonchev–Trinajstić information content (AvgIpc) is 2.81. The Hall–Kier alpha value is -4.11. The number of carbonyl (C=O) groups excluding carboxylic acids is 1. The summed E-state index contributed by atoms with van der Waals surface area (Å²) >= 11 is 0. The van der Waals surface area contributed by atoms with Gasteiger partial charge in [-0.25, -0.2) is 0 Å². The fourth-order valence-corrected chi connectivity index (χ4v) is 4.05. The Kier molecular flexibility index (Phi) is 7.70. The molecule has 9 nitrogen and oxygen atoms in total. The summed E-state index contributed by atoms with van der Waals surface area (Å²) in [6.45, 7) is 3.81. The lowest BCUT2D eigenvalue weighted by molar-refractivity contribution is -0.385. The molecule has 1 N–H and O–H groups in total. The van der Waals surface area contributed by atoms with Crippen LogP contribution in [0.5, 0.6) is 0 Å². The van der Waals surface area contributed by atoms with Gasteiger partial charge in [0, 0.05) is 43.4 Å². The zero-order chi connectivity index (χ0) is 24.8. The highest BCUT2D eigenvalue weighted by atomic mass is 16.6. The number of amides is 1. The lowest BCUT2D eigenvalue weighted by Crippen LogP contribution is -2.39. The second-order valence-electron chi connectivity index (χ2n) is 7.97. The van der Waals surface area contributed by atoms with Gasteiger partial charge in [-0.3, -0.25) is 29.9 Å². The molecule has 0 saturated carbocycles. The van der Waals surface area contributed by atoms with Gasteiger partial charge in [0.25, 0.3) is 11.4 Å². The number of nitrogens with zero attached hydrogens (tertiary/aromatic N) is 3. The van der Waals surface area contributed by atoms with E-state index < -0.39 is 15.9 Å². The molecular formula is C25H26N4O5. The van der Waals surface area contributed by atoms with Gasteiger partial charge in [0.2, 0.25) is 5.91 Å². The molecule has 0 aliphatic carbocycles. The van der Waals surface area contributed by atoms with E-state index in [1.807, 2.05) is 35.2 Å². The highest BCUT2D eigenvalue weighted by Crippen LogP contribution is 2.31.